The highest BCUT2D eigenvalue weighted by Gasteiger charge is 2.14. The zero-order chi connectivity index (χ0) is 17.1. The number of anilines is 1. The van der Waals surface area contributed by atoms with E-state index in [4.69, 9.17) is 5.73 Å². The molecule has 0 radical (unpaired) electrons. The normalized spacial score (nSPS) is 10.9. The van der Waals surface area contributed by atoms with Crippen LogP contribution < -0.4 is 11.1 Å². The number of H-pyrrole nitrogens is 1. The first-order valence-corrected chi connectivity index (χ1v) is 8.24. The Kier molecular flexibility index (Phi) is 4.14. The predicted octanol–water partition coefficient (Wildman–Crippen LogP) is 3.70. The number of nitrogens with zero attached hydrogens (tertiary/aromatic N) is 2. The Labute approximate surface area is 145 Å². The highest BCUT2D eigenvalue weighted by atomic mass is 15.1. The molecule has 0 bridgehead atoms. The zero-order valence-corrected chi connectivity index (χ0v) is 13.7. The number of fused-ring (bicyclic) bond motifs is 1. The number of nitrogens with two attached hydrogens (primary N) is 1. The first kappa shape index (κ1) is 15.4. The smallest absolute Gasteiger partial charge is 0.0885 e. The van der Waals surface area contributed by atoms with Crippen LogP contribution in [0.3, 0.4) is 0 Å². The minimum atomic E-state index is 0.461. The molecule has 0 saturated heterocycles. The van der Waals surface area contributed by atoms with Gasteiger partial charge in [-0.05, 0) is 34.4 Å². The van der Waals surface area contributed by atoms with Crippen molar-refractivity contribution in [3.05, 3.63) is 78.2 Å². The molecule has 4 rings (SSSR count). The first-order valence-electron chi connectivity index (χ1n) is 8.24. The van der Waals surface area contributed by atoms with Crippen molar-refractivity contribution in [2.75, 3.05) is 5.32 Å². The molecule has 0 atom stereocenters. The van der Waals surface area contributed by atoms with Crippen LogP contribution in [0.15, 0.2) is 67.1 Å². The van der Waals surface area contributed by atoms with Crippen LogP contribution in [0.25, 0.3) is 22.0 Å². The maximum Gasteiger partial charge on any atom is 0.0885 e. The second-order valence-corrected chi connectivity index (χ2v) is 5.89. The zero-order valence-electron chi connectivity index (χ0n) is 13.7. The lowest BCUT2D eigenvalue weighted by Crippen LogP contribution is -2.04. The van der Waals surface area contributed by atoms with Gasteiger partial charge < -0.3 is 11.1 Å². The largest absolute Gasteiger partial charge is 0.379 e. The molecule has 2 aromatic carbocycles. The summed E-state index contributed by atoms with van der Waals surface area (Å²) in [4.78, 5) is 4.17. The van der Waals surface area contributed by atoms with Gasteiger partial charge in [0.05, 0.1) is 17.4 Å². The molecular weight excluding hydrogens is 310 g/mol. The van der Waals surface area contributed by atoms with E-state index in [1.54, 1.807) is 6.20 Å². The summed E-state index contributed by atoms with van der Waals surface area (Å²) in [6, 6.07) is 16.4. The number of hydrogen-bond acceptors (Lipinski definition) is 4. The van der Waals surface area contributed by atoms with Crippen molar-refractivity contribution in [3.8, 4) is 11.1 Å². The first-order chi connectivity index (χ1) is 12.4. The summed E-state index contributed by atoms with van der Waals surface area (Å²) in [6.07, 6.45) is 5.49. The van der Waals surface area contributed by atoms with Crippen molar-refractivity contribution in [3.63, 3.8) is 0 Å². The molecule has 0 spiro atoms. The molecule has 0 amide bonds. The summed E-state index contributed by atoms with van der Waals surface area (Å²) in [5.74, 6) is 0. The topological polar surface area (TPSA) is 79.6 Å². The fourth-order valence-electron chi connectivity index (χ4n) is 3.10. The molecular formula is C20H19N5. The van der Waals surface area contributed by atoms with E-state index in [1.165, 1.54) is 0 Å². The lowest BCUT2D eigenvalue weighted by Gasteiger charge is -2.15. The number of aromatic nitrogens is 3. The Morgan fingerprint density at radius 3 is 2.68 bits per heavy atom. The van der Waals surface area contributed by atoms with E-state index in [0.717, 1.165) is 38.8 Å². The van der Waals surface area contributed by atoms with Crippen molar-refractivity contribution in [2.24, 2.45) is 5.73 Å². The van der Waals surface area contributed by atoms with E-state index in [0.29, 0.717) is 13.1 Å². The number of pyridine rings is 1. The van der Waals surface area contributed by atoms with Crippen LogP contribution in [-0.4, -0.2) is 15.2 Å². The van der Waals surface area contributed by atoms with Crippen molar-refractivity contribution >= 4 is 16.6 Å². The van der Waals surface area contributed by atoms with Crippen LogP contribution in [-0.2, 0) is 13.1 Å². The summed E-state index contributed by atoms with van der Waals surface area (Å²) in [5, 5.41) is 11.9. The quantitative estimate of drug-likeness (QED) is 0.521. The average molecular weight is 329 g/mol. The summed E-state index contributed by atoms with van der Waals surface area (Å²) >= 11 is 0. The molecule has 0 saturated carbocycles. The number of aromatic amines is 1. The number of hydrogen-bond donors (Lipinski definition) is 3. The molecule has 5 heteroatoms. The SMILES string of the molecule is NCc1c(-c2ccccc2)cc(NCc2cccnc2)c2[nH]ncc12. The molecule has 4 aromatic rings. The van der Waals surface area contributed by atoms with E-state index >= 15 is 0 Å². The summed E-state index contributed by atoms with van der Waals surface area (Å²) in [7, 11) is 0. The molecule has 0 fully saturated rings. The van der Waals surface area contributed by atoms with Crippen molar-refractivity contribution in [2.45, 2.75) is 13.1 Å². The third-order valence-corrected chi connectivity index (χ3v) is 4.34. The predicted molar refractivity (Wildman–Crippen MR) is 101 cm³/mol. The van der Waals surface area contributed by atoms with Gasteiger partial charge in [-0.3, -0.25) is 10.1 Å². The average Bonchev–Trinajstić information content (AvgIpc) is 3.17. The molecule has 25 heavy (non-hydrogen) atoms. The fraction of sp³-hybridized carbons (Fsp3) is 0.100. The van der Waals surface area contributed by atoms with Gasteiger partial charge in [0.15, 0.2) is 0 Å². The molecule has 5 nitrogen and oxygen atoms in total. The van der Waals surface area contributed by atoms with Gasteiger partial charge in [0, 0.05) is 30.9 Å². The molecule has 2 aromatic heterocycles. The third-order valence-electron chi connectivity index (χ3n) is 4.34. The monoisotopic (exact) mass is 329 g/mol. The third kappa shape index (κ3) is 2.97. The minimum absolute atomic E-state index is 0.461. The lowest BCUT2D eigenvalue weighted by atomic mass is 9.95. The maximum absolute atomic E-state index is 6.06. The summed E-state index contributed by atoms with van der Waals surface area (Å²) in [5.41, 5.74) is 12.5. The summed E-state index contributed by atoms with van der Waals surface area (Å²) < 4.78 is 0. The molecule has 124 valence electrons. The van der Waals surface area contributed by atoms with Crippen LogP contribution >= 0.6 is 0 Å². The summed E-state index contributed by atoms with van der Waals surface area (Å²) in [6.45, 7) is 1.15. The van der Waals surface area contributed by atoms with Crippen molar-refractivity contribution in [1.82, 2.24) is 15.2 Å². The van der Waals surface area contributed by atoms with Gasteiger partial charge in [0.2, 0.25) is 0 Å². The minimum Gasteiger partial charge on any atom is -0.379 e. The Morgan fingerprint density at radius 2 is 1.92 bits per heavy atom. The maximum atomic E-state index is 6.06. The lowest BCUT2D eigenvalue weighted by molar-refractivity contribution is 1.08. The number of benzene rings is 2. The molecule has 4 N–H and O–H groups in total. The molecule has 0 aliphatic heterocycles. The van der Waals surface area contributed by atoms with Crippen LogP contribution in [0, 0.1) is 0 Å². The Bertz CT molecular complexity index is 977. The van der Waals surface area contributed by atoms with E-state index in [1.807, 2.05) is 36.7 Å². The molecule has 2 heterocycles. The van der Waals surface area contributed by atoms with Crippen molar-refractivity contribution < 1.29 is 0 Å². The van der Waals surface area contributed by atoms with E-state index in [-0.39, 0.29) is 0 Å². The van der Waals surface area contributed by atoms with Crippen LogP contribution in [0.2, 0.25) is 0 Å². The highest BCUT2D eigenvalue weighted by Crippen LogP contribution is 2.34. The van der Waals surface area contributed by atoms with E-state index in [9.17, 15) is 0 Å². The molecule has 0 aliphatic carbocycles. The van der Waals surface area contributed by atoms with Gasteiger partial charge in [0.1, 0.15) is 0 Å². The van der Waals surface area contributed by atoms with Gasteiger partial charge in [-0.15, -0.1) is 0 Å². The Morgan fingerprint density at radius 1 is 1.04 bits per heavy atom. The standard InChI is InChI=1S/C20H19N5/c21-10-17-16(15-6-2-1-3-7-15)9-19(20-18(17)13-24-25-20)23-12-14-5-4-8-22-11-14/h1-9,11,13,23H,10,12,21H2,(H,24,25). The fourth-order valence-corrected chi connectivity index (χ4v) is 3.10. The van der Waals surface area contributed by atoms with Crippen LogP contribution in [0.4, 0.5) is 5.69 Å². The van der Waals surface area contributed by atoms with Crippen LogP contribution in [0.5, 0.6) is 0 Å². The van der Waals surface area contributed by atoms with Gasteiger partial charge in [-0.1, -0.05) is 36.4 Å². The second kappa shape index (κ2) is 6.75. The highest BCUT2D eigenvalue weighted by molar-refractivity contribution is 5.98. The van der Waals surface area contributed by atoms with Gasteiger partial charge in [0.25, 0.3) is 0 Å². The van der Waals surface area contributed by atoms with Gasteiger partial charge in [-0.25, -0.2) is 0 Å². The number of nitrogens with one attached hydrogen (secondary N) is 2. The van der Waals surface area contributed by atoms with Gasteiger partial charge in [-0.2, -0.15) is 5.10 Å². The Balaban J connectivity index is 1.80. The molecule has 0 aliphatic rings. The second-order valence-electron chi connectivity index (χ2n) is 5.89. The Hall–Kier alpha value is -3.18. The van der Waals surface area contributed by atoms with Gasteiger partial charge >= 0.3 is 0 Å². The van der Waals surface area contributed by atoms with Crippen molar-refractivity contribution in [1.29, 1.82) is 0 Å². The van der Waals surface area contributed by atoms with Crippen LogP contribution in [0.1, 0.15) is 11.1 Å². The van der Waals surface area contributed by atoms with E-state index < -0.39 is 0 Å². The molecule has 0 unspecified atom stereocenters. The van der Waals surface area contributed by atoms with E-state index in [2.05, 4.69) is 44.8 Å². The number of rotatable bonds is 5.